The maximum absolute atomic E-state index is 14.1. The van der Waals surface area contributed by atoms with Crippen LogP contribution in [0.3, 0.4) is 0 Å². The third-order valence-electron chi connectivity index (χ3n) is 3.52. The average molecular weight is 304 g/mol. The molecule has 8 heteroatoms. The molecule has 1 aromatic carbocycles. The third kappa shape index (κ3) is 2.53. The number of nitrogens with two attached hydrogens (primary N) is 1. The van der Waals surface area contributed by atoms with E-state index in [1.54, 1.807) is 0 Å². The van der Waals surface area contributed by atoms with Gasteiger partial charge in [-0.2, -0.15) is 0 Å². The molecule has 0 saturated heterocycles. The largest absolute Gasteiger partial charge is 0.339 e. The van der Waals surface area contributed by atoms with Crippen molar-refractivity contribution in [2.45, 2.75) is 30.2 Å². The van der Waals surface area contributed by atoms with E-state index in [0.717, 1.165) is 25.3 Å². The van der Waals surface area contributed by atoms with Gasteiger partial charge in [0.25, 0.3) is 5.91 Å². The van der Waals surface area contributed by atoms with Crippen molar-refractivity contribution < 1.29 is 22.0 Å². The first kappa shape index (κ1) is 14.9. The van der Waals surface area contributed by atoms with Crippen molar-refractivity contribution in [2.24, 2.45) is 5.14 Å². The minimum absolute atomic E-state index is 0.0700. The van der Waals surface area contributed by atoms with Crippen molar-refractivity contribution >= 4 is 15.9 Å². The Bertz CT molecular complexity index is 657. The summed E-state index contributed by atoms with van der Waals surface area (Å²) < 4.78 is 50.2. The predicted octanol–water partition coefficient (Wildman–Crippen LogP) is 1.24. The number of carbonyl (C=O) groups is 1. The second kappa shape index (κ2) is 5.10. The number of carbonyl (C=O) groups excluding carboxylic acids is 1. The smallest absolute Gasteiger partial charge is 0.259 e. The summed E-state index contributed by atoms with van der Waals surface area (Å²) in [7, 11) is -2.92. The van der Waals surface area contributed by atoms with Gasteiger partial charge < -0.3 is 4.90 Å². The Labute approximate surface area is 115 Å². The number of benzene rings is 1. The van der Waals surface area contributed by atoms with Crippen molar-refractivity contribution in [3.63, 3.8) is 0 Å². The first-order valence-corrected chi connectivity index (χ1v) is 7.56. The Morgan fingerprint density at radius 1 is 1.35 bits per heavy atom. The molecule has 0 heterocycles. The minimum Gasteiger partial charge on any atom is -0.339 e. The molecule has 0 aliphatic heterocycles. The van der Waals surface area contributed by atoms with Crippen LogP contribution in [-0.4, -0.2) is 32.3 Å². The molecule has 5 nitrogen and oxygen atoms in total. The van der Waals surface area contributed by atoms with Crippen LogP contribution < -0.4 is 5.14 Å². The topological polar surface area (TPSA) is 80.5 Å². The second-order valence-electron chi connectivity index (χ2n) is 4.78. The molecule has 0 unspecified atom stereocenters. The average Bonchev–Trinajstić information content (AvgIpc) is 2.24. The van der Waals surface area contributed by atoms with E-state index in [2.05, 4.69) is 0 Å². The molecule has 2 rings (SSSR count). The van der Waals surface area contributed by atoms with Crippen molar-refractivity contribution in [3.05, 3.63) is 29.3 Å². The zero-order valence-electron chi connectivity index (χ0n) is 10.8. The lowest BCUT2D eigenvalue weighted by Gasteiger charge is -2.34. The molecule has 20 heavy (non-hydrogen) atoms. The molecule has 110 valence electrons. The molecule has 1 aliphatic carbocycles. The van der Waals surface area contributed by atoms with Gasteiger partial charge in [-0.25, -0.2) is 22.3 Å². The fourth-order valence-electron chi connectivity index (χ4n) is 2.07. The number of hydrogen-bond acceptors (Lipinski definition) is 3. The van der Waals surface area contributed by atoms with Crippen molar-refractivity contribution in [2.75, 3.05) is 7.05 Å². The molecule has 0 spiro atoms. The van der Waals surface area contributed by atoms with Crippen LogP contribution in [0, 0.1) is 11.6 Å². The highest BCUT2D eigenvalue weighted by atomic mass is 32.2. The molecule has 2 N–H and O–H groups in total. The Balaban J connectivity index is 2.47. The van der Waals surface area contributed by atoms with Gasteiger partial charge in [-0.15, -0.1) is 0 Å². The van der Waals surface area contributed by atoms with Gasteiger partial charge in [-0.05, 0) is 31.4 Å². The molecular formula is C12H14F2N2O3S. The van der Waals surface area contributed by atoms with Crippen LogP contribution in [0.4, 0.5) is 8.78 Å². The van der Waals surface area contributed by atoms with Crippen LogP contribution in [0.2, 0.25) is 0 Å². The number of nitrogens with zero attached hydrogens (tertiary/aromatic N) is 1. The van der Waals surface area contributed by atoms with Crippen LogP contribution in [0.15, 0.2) is 17.0 Å². The summed E-state index contributed by atoms with van der Waals surface area (Å²) in [5.41, 5.74) is -0.883. The highest BCUT2D eigenvalue weighted by molar-refractivity contribution is 7.89. The molecular weight excluding hydrogens is 290 g/mol. The van der Waals surface area contributed by atoms with E-state index in [4.69, 9.17) is 5.14 Å². The van der Waals surface area contributed by atoms with Crippen LogP contribution in [0.1, 0.15) is 29.6 Å². The normalized spacial score (nSPS) is 15.8. The molecule has 0 bridgehead atoms. The number of amides is 1. The van der Waals surface area contributed by atoms with E-state index >= 15 is 0 Å². The standard InChI is InChI=1S/C12H14F2N2O3S/c1-16(7-3-2-4-7)12(17)10-8(13)5-6-9(11(10)14)20(15,18)19/h5-7H,2-4H2,1H3,(H2,15,18,19). The van der Waals surface area contributed by atoms with Gasteiger partial charge in [0.15, 0.2) is 5.82 Å². The van der Waals surface area contributed by atoms with Gasteiger partial charge in [-0.1, -0.05) is 0 Å². The third-order valence-corrected chi connectivity index (χ3v) is 4.45. The van der Waals surface area contributed by atoms with Crippen LogP contribution in [-0.2, 0) is 10.0 Å². The van der Waals surface area contributed by atoms with E-state index in [1.165, 1.54) is 11.9 Å². The van der Waals surface area contributed by atoms with Gasteiger partial charge in [-0.3, -0.25) is 4.79 Å². The maximum atomic E-state index is 14.1. The number of halogens is 2. The minimum atomic E-state index is -4.36. The fourth-order valence-corrected chi connectivity index (χ4v) is 2.67. The van der Waals surface area contributed by atoms with Crippen LogP contribution >= 0.6 is 0 Å². The van der Waals surface area contributed by atoms with E-state index in [0.29, 0.717) is 6.07 Å². The van der Waals surface area contributed by atoms with Crippen LogP contribution in [0.25, 0.3) is 0 Å². The summed E-state index contributed by atoms with van der Waals surface area (Å²) in [6, 6.07) is 1.37. The van der Waals surface area contributed by atoms with Gasteiger partial charge in [0.1, 0.15) is 16.3 Å². The molecule has 1 saturated carbocycles. The highest BCUT2D eigenvalue weighted by Crippen LogP contribution is 2.27. The number of primary sulfonamides is 1. The van der Waals surface area contributed by atoms with Gasteiger partial charge in [0.05, 0.1) is 0 Å². The highest BCUT2D eigenvalue weighted by Gasteiger charge is 2.31. The molecule has 0 aromatic heterocycles. The Morgan fingerprint density at radius 3 is 2.40 bits per heavy atom. The number of rotatable bonds is 3. The summed E-state index contributed by atoms with van der Waals surface area (Å²) in [4.78, 5) is 12.5. The second-order valence-corrected chi connectivity index (χ2v) is 6.31. The first-order valence-electron chi connectivity index (χ1n) is 6.01. The maximum Gasteiger partial charge on any atom is 0.259 e. The van der Waals surface area contributed by atoms with Gasteiger partial charge >= 0.3 is 0 Å². The predicted molar refractivity (Wildman–Crippen MR) is 67.5 cm³/mol. The molecule has 1 aromatic rings. The lowest BCUT2D eigenvalue weighted by molar-refractivity contribution is 0.0641. The van der Waals surface area contributed by atoms with Gasteiger partial charge in [0.2, 0.25) is 10.0 Å². The number of hydrogen-bond donors (Lipinski definition) is 1. The molecule has 1 aliphatic rings. The Kier molecular flexibility index (Phi) is 3.79. The lowest BCUT2D eigenvalue weighted by atomic mass is 9.91. The van der Waals surface area contributed by atoms with Crippen molar-refractivity contribution in [3.8, 4) is 0 Å². The Morgan fingerprint density at radius 2 is 1.95 bits per heavy atom. The molecule has 0 radical (unpaired) electrons. The first-order chi connectivity index (χ1) is 9.23. The monoisotopic (exact) mass is 304 g/mol. The SMILES string of the molecule is CN(C(=O)c1c(F)ccc(S(N)(=O)=O)c1F)C1CCC1. The summed E-state index contributed by atoms with van der Waals surface area (Å²) in [5, 5.41) is 4.83. The zero-order valence-corrected chi connectivity index (χ0v) is 11.6. The van der Waals surface area contributed by atoms with E-state index in [1.807, 2.05) is 0 Å². The molecule has 0 atom stereocenters. The lowest BCUT2D eigenvalue weighted by Crippen LogP contribution is -2.42. The summed E-state index contributed by atoms with van der Waals surface area (Å²) in [5.74, 6) is -3.43. The zero-order chi connectivity index (χ0) is 15.1. The molecule has 1 fully saturated rings. The molecule has 1 amide bonds. The quantitative estimate of drug-likeness (QED) is 0.912. The van der Waals surface area contributed by atoms with E-state index in [9.17, 15) is 22.0 Å². The summed E-state index contributed by atoms with van der Waals surface area (Å²) >= 11 is 0. The van der Waals surface area contributed by atoms with Crippen molar-refractivity contribution in [1.29, 1.82) is 0 Å². The van der Waals surface area contributed by atoms with Gasteiger partial charge in [0, 0.05) is 13.1 Å². The van der Waals surface area contributed by atoms with Crippen LogP contribution in [0.5, 0.6) is 0 Å². The fraction of sp³-hybridized carbons (Fsp3) is 0.417. The number of sulfonamides is 1. The van der Waals surface area contributed by atoms with E-state index < -0.39 is 38.0 Å². The van der Waals surface area contributed by atoms with Crippen molar-refractivity contribution in [1.82, 2.24) is 4.90 Å². The summed E-state index contributed by atoms with van der Waals surface area (Å²) in [6.45, 7) is 0. The Hall–Kier alpha value is -1.54. The summed E-state index contributed by atoms with van der Waals surface area (Å²) in [6.07, 6.45) is 2.48. The van der Waals surface area contributed by atoms with E-state index in [-0.39, 0.29) is 6.04 Å².